The number of rotatable bonds is 10. The van der Waals surface area contributed by atoms with E-state index in [9.17, 15) is 4.79 Å². The van der Waals surface area contributed by atoms with Gasteiger partial charge in [0.25, 0.3) is 5.91 Å². The zero-order chi connectivity index (χ0) is 15.5. The van der Waals surface area contributed by atoms with Crippen LogP contribution in [0.3, 0.4) is 0 Å². The molecule has 1 rings (SSSR count). The van der Waals surface area contributed by atoms with Gasteiger partial charge in [-0.15, -0.1) is 0 Å². The molecule has 0 radical (unpaired) electrons. The van der Waals surface area contributed by atoms with E-state index in [0.717, 1.165) is 25.1 Å². The van der Waals surface area contributed by atoms with Crippen LogP contribution in [0.1, 0.15) is 25.8 Å². The van der Waals surface area contributed by atoms with E-state index >= 15 is 0 Å². The Morgan fingerprint density at radius 1 is 1.33 bits per heavy atom. The highest BCUT2D eigenvalue weighted by Gasteiger charge is 2.13. The molecule has 0 bridgehead atoms. The first kappa shape index (κ1) is 17.5. The summed E-state index contributed by atoms with van der Waals surface area (Å²) in [5, 5.41) is 6.10. The van der Waals surface area contributed by atoms with E-state index in [4.69, 9.17) is 9.47 Å². The minimum absolute atomic E-state index is 0.0829. The van der Waals surface area contributed by atoms with Gasteiger partial charge in [-0.05, 0) is 31.0 Å². The molecule has 1 atom stereocenters. The summed E-state index contributed by atoms with van der Waals surface area (Å²) in [5.41, 5.74) is 1.12. The molecule has 21 heavy (non-hydrogen) atoms. The second kappa shape index (κ2) is 10.2. The van der Waals surface area contributed by atoms with Crippen LogP contribution in [0.4, 0.5) is 0 Å². The lowest BCUT2D eigenvalue weighted by molar-refractivity contribution is -0.127. The molecule has 0 heterocycles. The smallest absolute Gasteiger partial charge is 0.260 e. The number of hydrogen-bond donors (Lipinski definition) is 2. The maximum atomic E-state index is 11.8. The van der Waals surface area contributed by atoms with Gasteiger partial charge in [0, 0.05) is 26.7 Å². The van der Waals surface area contributed by atoms with Gasteiger partial charge in [0.05, 0.1) is 6.61 Å². The fourth-order valence-corrected chi connectivity index (χ4v) is 1.79. The third kappa shape index (κ3) is 7.11. The standard InChI is InChI=1S/C16H26N2O3/c1-4-8-18-16(19)13(2)21-15-7-5-6-14(11-15)12-17-9-10-20-3/h5-7,11,13,17H,4,8-10,12H2,1-3H3,(H,18,19). The summed E-state index contributed by atoms with van der Waals surface area (Å²) in [7, 11) is 1.68. The SMILES string of the molecule is CCCNC(=O)C(C)Oc1cccc(CNCCOC)c1. The minimum Gasteiger partial charge on any atom is -0.481 e. The van der Waals surface area contributed by atoms with E-state index < -0.39 is 6.10 Å². The Bertz CT molecular complexity index is 424. The van der Waals surface area contributed by atoms with E-state index in [2.05, 4.69) is 10.6 Å². The summed E-state index contributed by atoms with van der Waals surface area (Å²) in [6.07, 6.45) is 0.425. The van der Waals surface area contributed by atoms with E-state index in [1.807, 2.05) is 31.2 Å². The molecular formula is C16H26N2O3. The molecule has 0 aliphatic carbocycles. The Morgan fingerprint density at radius 3 is 2.86 bits per heavy atom. The lowest BCUT2D eigenvalue weighted by Crippen LogP contribution is -2.36. The average molecular weight is 294 g/mol. The summed E-state index contributed by atoms with van der Waals surface area (Å²) in [4.78, 5) is 11.8. The number of amides is 1. The van der Waals surface area contributed by atoms with Crippen LogP contribution in [0.25, 0.3) is 0 Å². The van der Waals surface area contributed by atoms with Gasteiger partial charge in [0.15, 0.2) is 6.10 Å². The minimum atomic E-state index is -0.492. The molecule has 0 aliphatic heterocycles. The highest BCUT2D eigenvalue weighted by molar-refractivity contribution is 5.80. The molecule has 0 aromatic heterocycles. The first-order valence-corrected chi connectivity index (χ1v) is 7.40. The zero-order valence-corrected chi connectivity index (χ0v) is 13.1. The van der Waals surface area contributed by atoms with Gasteiger partial charge in [-0.3, -0.25) is 4.79 Å². The van der Waals surface area contributed by atoms with E-state index in [1.165, 1.54) is 0 Å². The molecule has 1 aromatic carbocycles. The van der Waals surface area contributed by atoms with Crippen molar-refractivity contribution in [2.75, 3.05) is 26.8 Å². The molecular weight excluding hydrogens is 268 g/mol. The van der Waals surface area contributed by atoms with Crippen molar-refractivity contribution in [3.05, 3.63) is 29.8 Å². The van der Waals surface area contributed by atoms with Crippen molar-refractivity contribution < 1.29 is 14.3 Å². The second-order valence-electron chi connectivity index (χ2n) is 4.87. The Labute approximate surface area is 127 Å². The average Bonchev–Trinajstić information content (AvgIpc) is 2.49. The first-order valence-electron chi connectivity index (χ1n) is 7.40. The third-order valence-electron chi connectivity index (χ3n) is 2.94. The van der Waals surface area contributed by atoms with E-state index in [1.54, 1.807) is 14.0 Å². The summed E-state index contributed by atoms with van der Waals surface area (Å²) >= 11 is 0. The van der Waals surface area contributed by atoms with Gasteiger partial charge >= 0.3 is 0 Å². The van der Waals surface area contributed by atoms with Crippen molar-refractivity contribution >= 4 is 5.91 Å². The monoisotopic (exact) mass is 294 g/mol. The van der Waals surface area contributed by atoms with Crippen molar-refractivity contribution in [3.63, 3.8) is 0 Å². The molecule has 0 spiro atoms. The van der Waals surface area contributed by atoms with Crippen LogP contribution in [0.2, 0.25) is 0 Å². The van der Waals surface area contributed by atoms with Gasteiger partial charge in [-0.2, -0.15) is 0 Å². The largest absolute Gasteiger partial charge is 0.481 e. The quantitative estimate of drug-likeness (QED) is 0.645. The van der Waals surface area contributed by atoms with Crippen LogP contribution in [-0.4, -0.2) is 38.8 Å². The molecule has 1 aromatic rings. The Hall–Kier alpha value is -1.59. The van der Waals surface area contributed by atoms with Gasteiger partial charge in [-0.1, -0.05) is 19.1 Å². The van der Waals surface area contributed by atoms with Gasteiger partial charge in [0.2, 0.25) is 0 Å². The summed E-state index contributed by atoms with van der Waals surface area (Å²) in [5.74, 6) is 0.626. The van der Waals surface area contributed by atoms with Crippen LogP contribution in [0.15, 0.2) is 24.3 Å². The van der Waals surface area contributed by atoms with Crippen molar-refractivity contribution in [2.45, 2.75) is 32.9 Å². The normalized spacial score (nSPS) is 12.0. The molecule has 0 saturated carbocycles. The topological polar surface area (TPSA) is 59.6 Å². The molecule has 5 nitrogen and oxygen atoms in total. The molecule has 0 fully saturated rings. The van der Waals surface area contributed by atoms with Gasteiger partial charge in [-0.25, -0.2) is 0 Å². The molecule has 0 aliphatic rings. The van der Waals surface area contributed by atoms with E-state index in [0.29, 0.717) is 18.9 Å². The Kier molecular flexibility index (Phi) is 8.47. The third-order valence-corrected chi connectivity index (χ3v) is 2.94. The highest BCUT2D eigenvalue weighted by Crippen LogP contribution is 2.15. The maximum Gasteiger partial charge on any atom is 0.260 e. The number of carbonyl (C=O) groups is 1. The van der Waals surface area contributed by atoms with Gasteiger partial charge in [0.1, 0.15) is 5.75 Å². The second-order valence-corrected chi connectivity index (χ2v) is 4.87. The van der Waals surface area contributed by atoms with Crippen molar-refractivity contribution in [1.82, 2.24) is 10.6 Å². The zero-order valence-electron chi connectivity index (χ0n) is 13.1. The maximum absolute atomic E-state index is 11.8. The van der Waals surface area contributed by atoms with Crippen LogP contribution in [0.5, 0.6) is 5.75 Å². The van der Waals surface area contributed by atoms with Gasteiger partial charge < -0.3 is 20.1 Å². The lowest BCUT2D eigenvalue weighted by Gasteiger charge is -2.15. The summed E-state index contributed by atoms with van der Waals surface area (Å²) in [6, 6.07) is 7.76. The van der Waals surface area contributed by atoms with Crippen molar-refractivity contribution in [2.24, 2.45) is 0 Å². The fraction of sp³-hybridized carbons (Fsp3) is 0.562. The lowest BCUT2D eigenvalue weighted by atomic mass is 10.2. The Balaban J connectivity index is 2.46. The number of methoxy groups -OCH3 is 1. The van der Waals surface area contributed by atoms with E-state index in [-0.39, 0.29) is 5.91 Å². The molecule has 5 heteroatoms. The van der Waals surface area contributed by atoms with Crippen LogP contribution >= 0.6 is 0 Å². The Morgan fingerprint density at radius 2 is 2.14 bits per heavy atom. The van der Waals surface area contributed by atoms with Crippen LogP contribution in [-0.2, 0) is 16.1 Å². The molecule has 2 N–H and O–H groups in total. The van der Waals surface area contributed by atoms with Crippen molar-refractivity contribution in [3.8, 4) is 5.75 Å². The highest BCUT2D eigenvalue weighted by atomic mass is 16.5. The number of hydrogen-bond acceptors (Lipinski definition) is 4. The number of carbonyl (C=O) groups excluding carboxylic acids is 1. The first-order chi connectivity index (χ1) is 10.2. The van der Waals surface area contributed by atoms with Crippen LogP contribution in [0, 0.1) is 0 Å². The molecule has 1 amide bonds. The summed E-state index contributed by atoms with van der Waals surface area (Å²) in [6.45, 7) is 6.69. The molecule has 1 unspecified atom stereocenters. The number of ether oxygens (including phenoxy) is 2. The number of benzene rings is 1. The predicted molar refractivity (Wildman–Crippen MR) is 83.4 cm³/mol. The van der Waals surface area contributed by atoms with Crippen molar-refractivity contribution in [1.29, 1.82) is 0 Å². The predicted octanol–water partition coefficient (Wildman–Crippen LogP) is 1.72. The molecule has 118 valence electrons. The van der Waals surface area contributed by atoms with Crippen LogP contribution < -0.4 is 15.4 Å². The summed E-state index contributed by atoms with van der Waals surface area (Å²) < 4.78 is 10.7. The fourth-order valence-electron chi connectivity index (χ4n) is 1.79. The number of nitrogens with one attached hydrogen (secondary N) is 2. The molecule has 0 saturated heterocycles.